The number of rotatable bonds is 4. The lowest BCUT2D eigenvalue weighted by Crippen LogP contribution is -2.31. The molecule has 0 spiro atoms. The maximum absolute atomic E-state index is 13.0. The maximum Gasteiger partial charge on any atom is 0.433 e. The molecule has 0 atom stereocenters. The van der Waals surface area contributed by atoms with Gasteiger partial charge >= 0.3 is 6.18 Å². The van der Waals surface area contributed by atoms with E-state index in [0.29, 0.717) is 5.69 Å². The predicted molar refractivity (Wildman–Crippen MR) is 93.6 cm³/mol. The van der Waals surface area contributed by atoms with Crippen LogP contribution in [0, 0.1) is 0 Å². The standard InChI is InChI=1S/C17H15F3N6O2/c1-9(2)14-15-11(3-4-12(24-15)17(18,19)20)16(28)26(25-14)8-13(27)23-10-5-6-21-22-7-10/h3-7,9H,8H2,1-2H3,(H,21,23,27). The Morgan fingerprint density at radius 2 is 1.96 bits per heavy atom. The molecule has 0 aromatic carbocycles. The summed E-state index contributed by atoms with van der Waals surface area (Å²) in [6, 6.07) is 3.31. The van der Waals surface area contributed by atoms with Crippen LogP contribution in [0.15, 0.2) is 35.4 Å². The number of hydrogen-bond donors (Lipinski definition) is 1. The highest BCUT2D eigenvalue weighted by Gasteiger charge is 2.33. The van der Waals surface area contributed by atoms with Gasteiger partial charge in [0.05, 0.1) is 29.2 Å². The average Bonchev–Trinajstić information content (AvgIpc) is 2.63. The van der Waals surface area contributed by atoms with Gasteiger partial charge in [0.25, 0.3) is 5.56 Å². The van der Waals surface area contributed by atoms with E-state index in [0.717, 1.165) is 16.8 Å². The normalized spacial score (nSPS) is 11.8. The lowest BCUT2D eigenvalue weighted by molar-refractivity contribution is -0.141. The van der Waals surface area contributed by atoms with Crippen LogP contribution in [-0.2, 0) is 17.5 Å². The van der Waals surface area contributed by atoms with Gasteiger partial charge in [0.15, 0.2) is 0 Å². The third-order valence-electron chi connectivity index (χ3n) is 3.83. The van der Waals surface area contributed by atoms with Crippen LogP contribution >= 0.6 is 0 Å². The number of pyridine rings is 1. The number of carbonyl (C=O) groups is 1. The highest BCUT2D eigenvalue weighted by atomic mass is 19.4. The number of anilines is 1. The molecule has 28 heavy (non-hydrogen) atoms. The Kier molecular flexibility index (Phi) is 5.08. The number of nitrogens with one attached hydrogen (secondary N) is 1. The number of amides is 1. The minimum atomic E-state index is -4.64. The Balaban J connectivity index is 2.03. The lowest BCUT2D eigenvalue weighted by Gasteiger charge is -2.14. The molecular weight excluding hydrogens is 377 g/mol. The van der Waals surface area contributed by atoms with E-state index in [1.54, 1.807) is 13.8 Å². The summed E-state index contributed by atoms with van der Waals surface area (Å²) in [5, 5.41) is 13.8. The van der Waals surface area contributed by atoms with Gasteiger partial charge in [-0.05, 0) is 24.1 Å². The van der Waals surface area contributed by atoms with E-state index >= 15 is 0 Å². The minimum Gasteiger partial charge on any atom is -0.323 e. The summed E-state index contributed by atoms with van der Waals surface area (Å²) in [5.74, 6) is -0.866. The summed E-state index contributed by atoms with van der Waals surface area (Å²) in [5.41, 5.74) is -1.36. The van der Waals surface area contributed by atoms with Crippen molar-refractivity contribution >= 4 is 22.5 Å². The Hall–Kier alpha value is -3.37. The zero-order chi connectivity index (χ0) is 20.5. The molecule has 0 aliphatic heterocycles. The molecule has 11 heteroatoms. The number of fused-ring (bicyclic) bond motifs is 1. The first-order chi connectivity index (χ1) is 13.2. The van der Waals surface area contributed by atoms with E-state index in [1.165, 1.54) is 18.5 Å². The van der Waals surface area contributed by atoms with Gasteiger partial charge in [0, 0.05) is 0 Å². The van der Waals surface area contributed by atoms with E-state index < -0.39 is 29.9 Å². The van der Waals surface area contributed by atoms with Gasteiger partial charge in [-0.1, -0.05) is 13.8 Å². The fourth-order valence-electron chi connectivity index (χ4n) is 2.54. The van der Waals surface area contributed by atoms with Crippen LogP contribution in [0.5, 0.6) is 0 Å². The zero-order valence-electron chi connectivity index (χ0n) is 14.9. The Morgan fingerprint density at radius 1 is 1.21 bits per heavy atom. The third kappa shape index (κ3) is 3.97. The van der Waals surface area contributed by atoms with Gasteiger partial charge in [-0.3, -0.25) is 9.59 Å². The van der Waals surface area contributed by atoms with Gasteiger partial charge in [-0.25, -0.2) is 9.67 Å². The molecule has 0 fully saturated rings. The van der Waals surface area contributed by atoms with Gasteiger partial charge in [-0.2, -0.15) is 28.5 Å². The predicted octanol–water partition coefficient (Wildman–Crippen LogP) is 2.36. The van der Waals surface area contributed by atoms with E-state index in [1.807, 2.05) is 0 Å². The molecule has 0 unspecified atom stereocenters. The quantitative estimate of drug-likeness (QED) is 0.731. The van der Waals surface area contributed by atoms with Crippen LogP contribution in [0.2, 0.25) is 0 Å². The highest BCUT2D eigenvalue weighted by molar-refractivity contribution is 5.90. The molecule has 0 bridgehead atoms. The molecule has 3 rings (SSSR count). The van der Waals surface area contributed by atoms with Crippen molar-refractivity contribution in [3.8, 4) is 0 Å². The maximum atomic E-state index is 13.0. The Bertz CT molecular complexity index is 1080. The average molecular weight is 392 g/mol. The summed E-state index contributed by atoms with van der Waals surface area (Å²) < 4.78 is 39.8. The number of halogens is 3. The first-order valence-electron chi connectivity index (χ1n) is 8.22. The summed E-state index contributed by atoms with van der Waals surface area (Å²) in [6.07, 6.45) is -1.93. The first-order valence-corrected chi connectivity index (χ1v) is 8.22. The first kappa shape index (κ1) is 19.4. The molecule has 8 nitrogen and oxygen atoms in total. The van der Waals surface area contributed by atoms with Crippen molar-refractivity contribution in [1.29, 1.82) is 0 Å². The molecule has 0 saturated carbocycles. The zero-order valence-corrected chi connectivity index (χ0v) is 14.9. The van der Waals surface area contributed by atoms with Crippen LogP contribution in [0.25, 0.3) is 10.9 Å². The van der Waals surface area contributed by atoms with E-state index in [-0.39, 0.29) is 22.5 Å². The van der Waals surface area contributed by atoms with Crippen LogP contribution in [0.1, 0.15) is 31.2 Å². The van der Waals surface area contributed by atoms with Gasteiger partial charge in [0.1, 0.15) is 17.8 Å². The molecule has 146 valence electrons. The molecule has 3 aromatic heterocycles. The largest absolute Gasteiger partial charge is 0.433 e. The Labute approximate surface area is 156 Å². The molecule has 3 aromatic rings. The number of carbonyl (C=O) groups excluding carboxylic acids is 1. The molecule has 1 amide bonds. The van der Waals surface area contributed by atoms with E-state index in [9.17, 15) is 22.8 Å². The van der Waals surface area contributed by atoms with Crippen LogP contribution in [-0.4, -0.2) is 30.9 Å². The summed E-state index contributed by atoms with van der Waals surface area (Å²) in [4.78, 5) is 28.4. The van der Waals surface area contributed by atoms with Gasteiger partial charge in [-0.15, -0.1) is 0 Å². The summed E-state index contributed by atoms with van der Waals surface area (Å²) >= 11 is 0. The Morgan fingerprint density at radius 3 is 2.57 bits per heavy atom. The van der Waals surface area contributed by atoms with Crippen molar-refractivity contribution in [2.45, 2.75) is 32.5 Å². The number of aromatic nitrogens is 5. The number of alkyl halides is 3. The lowest BCUT2D eigenvalue weighted by atomic mass is 10.1. The molecule has 0 aliphatic carbocycles. The van der Waals surface area contributed by atoms with Gasteiger partial charge in [0.2, 0.25) is 5.91 Å². The minimum absolute atomic E-state index is 0.0370. The fraction of sp³-hybridized carbons (Fsp3) is 0.294. The second kappa shape index (κ2) is 7.33. The highest BCUT2D eigenvalue weighted by Crippen LogP contribution is 2.29. The molecule has 1 N–H and O–H groups in total. The van der Waals surface area contributed by atoms with Crippen molar-refractivity contribution < 1.29 is 18.0 Å². The van der Waals surface area contributed by atoms with E-state index in [2.05, 4.69) is 25.6 Å². The smallest absolute Gasteiger partial charge is 0.323 e. The van der Waals surface area contributed by atoms with Crippen molar-refractivity contribution in [3.05, 3.63) is 52.3 Å². The third-order valence-corrected chi connectivity index (χ3v) is 3.83. The molecule has 3 heterocycles. The second-order valence-electron chi connectivity index (χ2n) is 6.27. The van der Waals surface area contributed by atoms with Crippen molar-refractivity contribution in [1.82, 2.24) is 25.0 Å². The summed E-state index contributed by atoms with van der Waals surface area (Å²) in [7, 11) is 0. The van der Waals surface area contributed by atoms with Crippen molar-refractivity contribution in [2.24, 2.45) is 0 Å². The van der Waals surface area contributed by atoms with Crippen LogP contribution in [0.4, 0.5) is 18.9 Å². The van der Waals surface area contributed by atoms with Crippen LogP contribution in [0.3, 0.4) is 0 Å². The molecule has 0 saturated heterocycles. The molecule has 0 aliphatic rings. The number of nitrogens with zero attached hydrogens (tertiary/aromatic N) is 5. The van der Waals surface area contributed by atoms with Crippen molar-refractivity contribution in [2.75, 3.05) is 5.32 Å². The van der Waals surface area contributed by atoms with Crippen molar-refractivity contribution in [3.63, 3.8) is 0 Å². The number of hydrogen-bond acceptors (Lipinski definition) is 6. The summed E-state index contributed by atoms with van der Waals surface area (Å²) in [6.45, 7) is 3.00. The molecule has 0 radical (unpaired) electrons. The molecular formula is C17H15F3N6O2. The fourth-order valence-corrected chi connectivity index (χ4v) is 2.54. The topological polar surface area (TPSA) is 103 Å². The second-order valence-corrected chi connectivity index (χ2v) is 6.27. The van der Waals surface area contributed by atoms with Crippen LogP contribution < -0.4 is 10.9 Å². The SMILES string of the molecule is CC(C)c1nn(CC(=O)Nc2ccnnc2)c(=O)c2ccc(C(F)(F)F)nc12. The van der Waals surface area contributed by atoms with Gasteiger partial charge < -0.3 is 5.32 Å². The monoisotopic (exact) mass is 392 g/mol. The van der Waals surface area contributed by atoms with E-state index in [4.69, 9.17) is 0 Å².